The molecule has 1 aromatic heterocycles. The Kier molecular flexibility index (Phi) is 3.46. The summed E-state index contributed by atoms with van der Waals surface area (Å²) in [6.45, 7) is 4.05. The van der Waals surface area contributed by atoms with Crippen LogP contribution >= 0.6 is 27.5 Å². The maximum Gasteiger partial charge on any atom is 0.205 e. The molecule has 1 heterocycles. The minimum absolute atomic E-state index is 0.456. The third kappa shape index (κ3) is 2.17. The molecule has 0 aromatic carbocycles. The summed E-state index contributed by atoms with van der Waals surface area (Å²) in [5.41, 5.74) is 0. The number of nitrogens with zero attached hydrogens (tertiary/aromatic N) is 3. The molecule has 1 unspecified atom stereocenters. The first-order valence-corrected chi connectivity index (χ1v) is 5.63. The second-order valence-electron chi connectivity index (χ2n) is 2.74. The summed E-state index contributed by atoms with van der Waals surface area (Å²) in [6.07, 6.45) is 0. The molecule has 5 heteroatoms. The van der Waals surface area contributed by atoms with Crippen molar-refractivity contribution in [3.8, 4) is 0 Å². The van der Waals surface area contributed by atoms with Crippen molar-refractivity contribution >= 4 is 32.6 Å². The van der Waals surface area contributed by atoms with Crippen molar-refractivity contribution in [2.24, 2.45) is 0 Å². The lowest BCUT2D eigenvalue weighted by molar-refractivity contribution is 0.764. The molecule has 1 rings (SSSR count). The molecular weight excluding hydrogens is 238 g/mol. The van der Waals surface area contributed by atoms with Crippen LogP contribution in [0.5, 0.6) is 0 Å². The van der Waals surface area contributed by atoms with Crippen LogP contribution in [0.1, 0.15) is 12.7 Å². The molecule has 1 atom stereocenters. The van der Waals surface area contributed by atoms with Crippen molar-refractivity contribution in [3.63, 3.8) is 0 Å². The fourth-order valence-electron chi connectivity index (χ4n) is 0.721. The fourth-order valence-corrected chi connectivity index (χ4v) is 1.89. The van der Waals surface area contributed by atoms with Gasteiger partial charge in [0.2, 0.25) is 5.13 Å². The third-order valence-corrected chi connectivity index (χ3v) is 3.54. The van der Waals surface area contributed by atoms with Crippen LogP contribution in [0.15, 0.2) is 0 Å². The molecule has 0 aliphatic heterocycles. The Morgan fingerprint density at radius 2 is 2.33 bits per heavy atom. The van der Waals surface area contributed by atoms with E-state index in [1.165, 1.54) is 11.5 Å². The van der Waals surface area contributed by atoms with Crippen molar-refractivity contribution in [1.29, 1.82) is 0 Å². The van der Waals surface area contributed by atoms with E-state index in [2.05, 4.69) is 37.1 Å². The van der Waals surface area contributed by atoms with Gasteiger partial charge in [-0.25, -0.2) is 4.98 Å². The first-order valence-electron chi connectivity index (χ1n) is 3.74. The molecule has 0 N–H and O–H groups in total. The maximum absolute atomic E-state index is 4.29. The first kappa shape index (κ1) is 9.92. The van der Waals surface area contributed by atoms with Gasteiger partial charge in [0, 0.05) is 30.0 Å². The van der Waals surface area contributed by atoms with E-state index in [4.69, 9.17) is 0 Å². The highest BCUT2D eigenvalue weighted by atomic mass is 79.9. The number of alkyl halides is 1. The SMILES string of the molecule is Cc1nsc(N(C)C(C)CBr)n1. The lowest BCUT2D eigenvalue weighted by Gasteiger charge is -2.21. The summed E-state index contributed by atoms with van der Waals surface area (Å²) in [4.78, 5) is 6.42. The molecule has 0 spiro atoms. The summed E-state index contributed by atoms with van der Waals surface area (Å²) in [5, 5.41) is 1.93. The van der Waals surface area contributed by atoms with Crippen LogP contribution in [0.2, 0.25) is 0 Å². The van der Waals surface area contributed by atoms with E-state index in [0.29, 0.717) is 6.04 Å². The number of aromatic nitrogens is 2. The molecule has 1 aromatic rings. The van der Waals surface area contributed by atoms with Gasteiger partial charge in [-0.15, -0.1) is 0 Å². The van der Waals surface area contributed by atoms with Crippen molar-refractivity contribution in [1.82, 2.24) is 9.36 Å². The molecule has 0 saturated heterocycles. The van der Waals surface area contributed by atoms with E-state index in [0.717, 1.165) is 16.3 Å². The Labute approximate surface area is 85.1 Å². The normalized spacial score (nSPS) is 13.0. The average molecular weight is 250 g/mol. The van der Waals surface area contributed by atoms with Crippen LogP contribution in [0.3, 0.4) is 0 Å². The standard InChI is InChI=1S/C7H12BrN3S/c1-5(4-8)11(3)7-9-6(2)10-12-7/h5H,4H2,1-3H3. The minimum Gasteiger partial charge on any atom is -0.346 e. The van der Waals surface area contributed by atoms with Gasteiger partial charge in [0.05, 0.1) is 0 Å². The van der Waals surface area contributed by atoms with Gasteiger partial charge in [-0.1, -0.05) is 15.9 Å². The van der Waals surface area contributed by atoms with Crippen LogP contribution in [-0.4, -0.2) is 27.8 Å². The molecule has 0 radical (unpaired) electrons. The first-order chi connectivity index (χ1) is 5.65. The quantitative estimate of drug-likeness (QED) is 0.769. The van der Waals surface area contributed by atoms with Crippen LogP contribution in [0.4, 0.5) is 5.13 Å². The molecule has 0 bridgehead atoms. The van der Waals surface area contributed by atoms with Crippen molar-refractivity contribution in [2.45, 2.75) is 19.9 Å². The minimum atomic E-state index is 0.456. The zero-order valence-corrected chi connectivity index (χ0v) is 9.81. The van der Waals surface area contributed by atoms with Crippen LogP contribution in [0, 0.1) is 6.92 Å². The van der Waals surface area contributed by atoms with Crippen molar-refractivity contribution in [2.75, 3.05) is 17.3 Å². The fraction of sp³-hybridized carbons (Fsp3) is 0.714. The predicted octanol–water partition coefficient (Wildman–Crippen LogP) is 2.07. The number of anilines is 1. The highest BCUT2D eigenvalue weighted by Gasteiger charge is 2.11. The molecule has 12 heavy (non-hydrogen) atoms. The van der Waals surface area contributed by atoms with Gasteiger partial charge in [0.1, 0.15) is 5.82 Å². The summed E-state index contributed by atoms with van der Waals surface area (Å²) in [6, 6.07) is 0.456. The number of halogens is 1. The van der Waals surface area contributed by atoms with Gasteiger partial charge < -0.3 is 4.90 Å². The lowest BCUT2D eigenvalue weighted by atomic mass is 10.4. The molecule has 68 valence electrons. The number of rotatable bonds is 3. The summed E-state index contributed by atoms with van der Waals surface area (Å²) >= 11 is 4.88. The second-order valence-corrected chi connectivity index (χ2v) is 4.12. The predicted molar refractivity (Wildman–Crippen MR) is 56.3 cm³/mol. The highest BCUT2D eigenvalue weighted by molar-refractivity contribution is 9.09. The van der Waals surface area contributed by atoms with Crippen LogP contribution < -0.4 is 4.90 Å². The lowest BCUT2D eigenvalue weighted by Crippen LogP contribution is -2.29. The number of hydrogen-bond donors (Lipinski definition) is 0. The molecular formula is C7H12BrN3S. The second kappa shape index (κ2) is 4.18. The Morgan fingerprint density at radius 3 is 2.75 bits per heavy atom. The van der Waals surface area contributed by atoms with Crippen molar-refractivity contribution in [3.05, 3.63) is 5.82 Å². The van der Waals surface area contributed by atoms with Gasteiger partial charge in [-0.05, 0) is 13.8 Å². The molecule has 0 fully saturated rings. The monoisotopic (exact) mass is 249 g/mol. The van der Waals surface area contributed by atoms with Gasteiger partial charge in [0.25, 0.3) is 0 Å². The van der Waals surface area contributed by atoms with Gasteiger partial charge in [-0.3, -0.25) is 0 Å². The van der Waals surface area contributed by atoms with Crippen LogP contribution in [0.25, 0.3) is 0 Å². The van der Waals surface area contributed by atoms with Gasteiger partial charge >= 0.3 is 0 Å². The summed E-state index contributed by atoms with van der Waals surface area (Å²) < 4.78 is 4.13. The van der Waals surface area contributed by atoms with E-state index < -0.39 is 0 Å². The molecule has 0 saturated carbocycles. The largest absolute Gasteiger partial charge is 0.346 e. The zero-order valence-electron chi connectivity index (χ0n) is 7.41. The van der Waals surface area contributed by atoms with Crippen molar-refractivity contribution < 1.29 is 0 Å². The highest BCUT2D eigenvalue weighted by Crippen LogP contribution is 2.17. The number of hydrogen-bond acceptors (Lipinski definition) is 4. The number of aryl methyl sites for hydroxylation is 1. The van der Waals surface area contributed by atoms with E-state index in [1.54, 1.807) is 0 Å². The Balaban J connectivity index is 2.70. The van der Waals surface area contributed by atoms with E-state index >= 15 is 0 Å². The van der Waals surface area contributed by atoms with E-state index in [-0.39, 0.29) is 0 Å². The summed E-state index contributed by atoms with van der Waals surface area (Å²) in [7, 11) is 2.03. The third-order valence-electron chi connectivity index (χ3n) is 1.70. The molecule has 3 nitrogen and oxygen atoms in total. The Morgan fingerprint density at radius 1 is 1.67 bits per heavy atom. The van der Waals surface area contributed by atoms with E-state index in [1.807, 2.05) is 14.0 Å². The Bertz CT molecular complexity index is 251. The topological polar surface area (TPSA) is 29.0 Å². The summed E-state index contributed by atoms with van der Waals surface area (Å²) in [5.74, 6) is 0.851. The molecule has 0 aliphatic carbocycles. The van der Waals surface area contributed by atoms with Gasteiger partial charge in [-0.2, -0.15) is 4.37 Å². The zero-order chi connectivity index (χ0) is 9.14. The smallest absolute Gasteiger partial charge is 0.205 e. The average Bonchev–Trinajstić information content (AvgIpc) is 2.49. The maximum atomic E-state index is 4.29. The van der Waals surface area contributed by atoms with E-state index in [9.17, 15) is 0 Å². The molecule has 0 aliphatic rings. The molecule has 0 amide bonds. The van der Waals surface area contributed by atoms with Crippen LogP contribution in [-0.2, 0) is 0 Å². The Hall–Kier alpha value is -0.160. The van der Waals surface area contributed by atoms with Gasteiger partial charge in [0.15, 0.2) is 0 Å².